The maximum absolute atomic E-state index is 13.0. The number of benzene rings is 2. The SMILES string of the molecule is COc1ccc(CCNC(=O)[C@H](Sc2ccccn2)c2ccccc2)cc1OC. The van der Waals surface area contributed by atoms with Crippen LogP contribution in [0.2, 0.25) is 0 Å². The number of amides is 1. The normalized spacial score (nSPS) is 11.5. The van der Waals surface area contributed by atoms with E-state index < -0.39 is 0 Å². The summed E-state index contributed by atoms with van der Waals surface area (Å²) in [6.45, 7) is 0.528. The molecule has 1 N–H and O–H groups in total. The van der Waals surface area contributed by atoms with Gasteiger partial charge in [0.15, 0.2) is 11.5 Å². The van der Waals surface area contributed by atoms with Crippen molar-refractivity contribution in [1.82, 2.24) is 10.3 Å². The van der Waals surface area contributed by atoms with Gasteiger partial charge in [0.1, 0.15) is 5.25 Å². The lowest BCUT2D eigenvalue weighted by molar-refractivity contribution is -0.120. The molecule has 0 fully saturated rings. The van der Waals surface area contributed by atoms with Crippen molar-refractivity contribution in [2.45, 2.75) is 16.7 Å². The molecule has 5 nitrogen and oxygen atoms in total. The Labute approximate surface area is 175 Å². The molecule has 3 rings (SSSR count). The molecule has 3 aromatic rings. The van der Waals surface area contributed by atoms with Gasteiger partial charge in [-0.25, -0.2) is 4.98 Å². The molecule has 29 heavy (non-hydrogen) atoms. The molecule has 0 saturated carbocycles. The lowest BCUT2D eigenvalue weighted by Crippen LogP contribution is -2.29. The number of aromatic nitrogens is 1. The standard InChI is InChI=1S/C23H24N2O3S/c1-27-19-12-11-17(16-20(19)28-2)13-15-25-23(26)22(18-8-4-3-5-9-18)29-21-10-6-7-14-24-21/h3-12,14,16,22H,13,15H2,1-2H3,(H,25,26)/t22-/m1/s1. The maximum atomic E-state index is 13.0. The highest BCUT2D eigenvalue weighted by molar-refractivity contribution is 8.00. The van der Waals surface area contributed by atoms with Crippen molar-refractivity contribution in [2.24, 2.45) is 0 Å². The Morgan fingerprint density at radius 2 is 1.76 bits per heavy atom. The molecule has 1 amide bonds. The van der Waals surface area contributed by atoms with Crippen LogP contribution in [-0.2, 0) is 11.2 Å². The number of methoxy groups -OCH3 is 2. The second kappa shape index (κ2) is 10.5. The highest BCUT2D eigenvalue weighted by atomic mass is 32.2. The van der Waals surface area contributed by atoms with E-state index in [2.05, 4.69) is 10.3 Å². The highest BCUT2D eigenvalue weighted by Gasteiger charge is 2.22. The second-order valence-corrected chi connectivity index (χ2v) is 7.43. The number of hydrogen-bond acceptors (Lipinski definition) is 5. The number of thioether (sulfide) groups is 1. The summed E-state index contributed by atoms with van der Waals surface area (Å²) < 4.78 is 10.6. The van der Waals surface area contributed by atoms with Gasteiger partial charge in [-0.2, -0.15) is 0 Å². The third kappa shape index (κ3) is 5.74. The molecule has 2 aromatic carbocycles. The van der Waals surface area contributed by atoms with Crippen LogP contribution < -0.4 is 14.8 Å². The van der Waals surface area contributed by atoms with Gasteiger partial charge in [0.2, 0.25) is 5.91 Å². The van der Waals surface area contributed by atoms with E-state index in [9.17, 15) is 4.79 Å². The van der Waals surface area contributed by atoms with Crippen LogP contribution in [0, 0.1) is 0 Å². The molecule has 1 atom stereocenters. The molecule has 0 unspecified atom stereocenters. The van der Waals surface area contributed by atoms with E-state index in [0.717, 1.165) is 16.2 Å². The third-order valence-corrected chi connectivity index (χ3v) is 5.58. The van der Waals surface area contributed by atoms with Gasteiger partial charge in [0.25, 0.3) is 0 Å². The van der Waals surface area contributed by atoms with Crippen LogP contribution in [0.25, 0.3) is 0 Å². The van der Waals surface area contributed by atoms with Gasteiger partial charge in [-0.05, 0) is 41.8 Å². The molecular formula is C23H24N2O3S. The van der Waals surface area contributed by atoms with Crippen LogP contribution in [0.1, 0.15) is 16.4 Å². The van der Waals surface area contributed by atoms with Crippen molar-refractivity contribution in [2.75, 3.05) is 20.8 Å². The maximum Gasteiger partial charge on any atom is 0.238 e. The number of carbonyl (C=O) groups excluding carboxylic acids is 1. The third-order valence-electron chi connectivity index (χ3n) is 4.38. The van der Waals surface area contributed by atoms with Crippen LogP contribution in [0.4, 0.5) is 0 Å². The first-order valence-electron chi connectivity index (χ1n) is 9.32. The van der Waals surface area contributed by atoms with Crippen LogP contribution in [-0.4, -0.2) is 31.7 Å². The first kappa shape index (κ1) is 20.7. The van der Waals surface area contributed by atoms with E-state index in [0.29, 0.717) is 24.5 Å². The van der Waals surface area contributed by atoms with Gasteiger partial charge in [0.05, 0.1) is 19.2 Å². The van der Waals surface area contributed by atoms with Gasteiger partial charge in [0, 0.05) is 12.7 Å². The fraction of sp³-hybridized carbons (Fsp3) is 0.217. The predicted molar refractivity (Wildman–Crippen MR) is 116 cm³/mol. The summed E-state index contributed by atoms with van der Waals surface area (Å²) in [7, 11) is 3.23. The number of pyridine rings is 1. The van der Waals surface area contributed by atoms with Gasteiger partial charge < -0.3 is 14.8 Å². The molecule has 0 aliphatic heterocycles. The van der Waals surface area contributed by atoms with Gasteiger partial charge in [-0.3, -0.25) is 4.79 Å². The van der Waals surface area contributed by atoms with Crippen LogP contribution in [0.15, 0.2) is 78.0 Å². The lowest BCUT2D eigenvalue weighted by Gasteiger charge is -2.17. The Balaban J connectivity index is 1.65. The number of rotatable bonds is 9. The number of ether oxygens (including phenoxy) is 2. The monoisotopic (exact) mass is 408 g/mol. The van der Waals surface area contributed by atoms with Crippen molar-refractivity contribution in [3.63, 3.8) is 0 Å². The average molecular weight is 409 g/mol. The van der Waals surface area contributed by atoms with Crippen LogP contribution in [0.5, 0.6) is 11.5 Å². The average Bonchev–Trinajstić information content (AvgIpc) is 2.78. The number of nitrogens with zero attached hydrogens (tertiary/aromatic N) is 1. The zero-order chi connectivity index (χ0) is 20.5. The molecule has 1 aromatic heterocycles. The number of nitrogens with one attached hydrogen (secondary N) is 1. The van der Waals surface area contributed by atoms with Crippen molar-refractivity contribution >= 4 is 17.7 Å². The molecule has 1 heterocycles. The van der Waals surface area contributed by atoms with Crippen molar-refractivity contribution in [1.29, 1.82) is 0 Å². The Morgan fingerprint density at radius 1 is 1.00 bits per heavy atom. The zero-order valence-electron chi connectivity index (χ0n) is 16.5. The number of hydrogen-bond donors (Lipinski definition) is 1. The minimum absolute atomic E-state index is 0.0349. The molecule has 0 aliphatic rings. The molecule has 0 radical (unpaired) electrons. The second-order valence-electron chi connectivity index (χ2n) is 6.31. The molecule has 150 valence electrons. The Bertz CT molecular complexity index is 920. The minimum atomic E-state index is -0.364. The molecule has 0 saturated heterocycles. The van der Waals surface area contributed by atoms with Crippen LogP contribution >= 0.6 is 11.8 Å². The van der Waals surface area contributed by atoms with E-state index in [1.807, 2.05) is 66.7 Å². The van der Waals surface area contributed by atoms with E-state index in [1.54, 1.807) is 20.4 Å². The smallest absolute Gasteiger partial charge is 0.238 e. The molecule has 0 aliphatic carbocycles. The Morgan fingerprint density at radius 3 is 2.45 bits per heavy atom. The van der Waals surface area contributed by atoms with Gasteiger partial charge in [-0.15, -0.1) is 0 Å². The summed E-state index contributed by atoms with van der Waals surface area (Å²) in [4.78, 5) is 17.3. The van der Waals surface area contributed by atoms with Gasteiger partial charge in [-0.1, -0.05) is 54.2 Å². The van der Waals surface area contributed by atoms with Crippen molar-refractivity contribution in [3.8, 4) is 11.5 Å². The summed E-state index contributed by atoms with van der Waals surface area (Å²) >= 11 is 1.45. The zero-order valence-corrected chi connectivity index (χ0v) is 17.3. The Hall–Kier alpha value is -2.99. The van der Waals surface area contributed by atoms with Crippen molar-refractivity contribution in [3.05, 3.63) is 84.1 Å². The minimum Gasteiger partial charge on any atom is -0.493 e. The number of carbonyl (C=O) groups is 1. The summed E-state index contributed by atoms with van der Waals surface area (Å²) in [5.74, 6) is 1.34. The van der Waals surface area contributed by atoms with E-state index in [-0.39, 0.29) is 11.2 Å². The van der Waals surface area contributed by atoms with E-state index in [1.165, 1.54) is 11.8 Å². The topological polar surface area (TPSA) is 60.5 Å². The first-order valence-corrected chi connectivity index (χ1v) is 10.2. The first-order chi connectivity index (χ1) is 14.2. The lowest BCUT2D eigenvalue weighted by atomic mass is 10.1. The molecular weight excluding hydrogens is 384 g/mol. The summed E-state index contributed by atoms with van der Waals surface area (Å²) in [6.07, 6.45) is 2.43. The summed E-state index contributed by atoms with van der Waals surface area (Å²) in [5, 5.41) is 3.51. The highest BCUT2D eigenvalue weighted by Crippen LogP contribution is 2.34. The van der Waals surface area contributed by atoms with Crippen molar-refractivity contribution < 1.29 is 14.3 Å². The largest absolute Gasteiger partial charge is 0.493 e. The van der Waals surface area contributed by atoms with Gasteiger partial charge >= 0.3 is 0 Å². The van der Waals surface area contributed by atoms with E-state index >= 15 is 0 Å². The van der Waals surface area contributed by atoms with E-state index in [4.69, 9.17) is 9.47 Å². The molecule has 0 bridgehead atoms. The Kier molecular flexibility index (Phi) is 7.53. The predicted octanol–water partition coefficient (Wildman–Crippen LogP) is 4.29. The molecule has 6 heteroatoms. The summed E-state index contributed by atoms with van der Waals surface area (Å²) in [5.41, 5.74) is 2.02. The quantitative estimate of drug-likeness (QED) is 0.535. The molecule has 0 spiro atoms. The fourth-order valence-electron chi connectivity index (χ4n) is 2.90. The fourth-order valence-corrected chi connectivity index (χ4v) is 3.90. The van der Waals surface area contributed by atoms with Crippen LogP contribution in [0.3, 0.4) is 0 Å². The summed E-state index contributed by atoms with van der Waals surface area (Å²) in [6, 6.07) is 21.3.